The van der Waals surface area contributed by atoms with Gasteiger partial charge in [-0.25, -0.2) is 0 Å². The van der Waals surface area contributed by atoms with Gasteiger partial charge in [-0.05, 0) is 30.7 Å². The average molecular weight is 268 g/mol. The maximum Gasteiger partial charge on any atom is 0.197 e. The number of hydrogen-bond acceptors (Lipinski definition) is 4. The second-order valence-electron chi connectivity index (χ2n) is 4.63. The molecule has 1 heterocycles. The first-order chi connectivity index (χ1) is 9.56. The van der Waals surface area contributed by atoms with Crippen LogP contribution in [-0.2, 0) is 0 Å². The molecule has 2 aromatic carbocycles. The summed E-state index contributed by atoms with van der Waals surface area (Å²) < 4.78 is 5.63. The van der Waals surface area contributed by atoms with Gasteiger partial charge < -0.3 is 14.6 Å². The molecule has 4 heteroatoms. The van der Waals surface area contributed by atoms with Crippen molar-refractivity contribution in [2.24, 2.45) is 0 Å². The molecule has 0 fully saturated rings. The zero-order valence-electron chi connectivity index (χ0n) is 10.8. The molecule has 3 aromatic rings. The van der Waals surface area contributed by atoms with Crippen molar-refractivity contribution in [1.82, 2.24) is 0 Å². The number of hydrogen-bond donors (Lipinski definition) is 2. The fourth-order valence-corrected chi connectivity index (χ4v) is 2.10. The second-order valence-corrected chi connectivity index (χ2v) is 4.63. The Morgan fingerprint density at radius 1 is 1.00 bits per heavy atom. The van der Waals surface area contributed by atoms with E-state index < -0.39 is 0 Å². The van der Waals surface area contributed by atoms with E-state index in [-0.39, 0.29) is 22.3 Å². The SMILES string of the molecule is Cc1ccc(-c2cc(=O)c3c(O)cccc3o2)cc1O. The molecule has 4 nitrogen and oxygen atoms in total. The molecule has 0 radical (unpaired) electrons. The molecule has 0 atom stereocenters. The molecule has 0 spiro atoms. The predicted molar refractivity (Wildman–Crippen MR) is 76.0 cm³/mol. The summed E-state index contributed by atoms with van der Waals surface area (Å²) in [6.45, 7) is 1.79. The highest BCUT2D eigenvalue weighted by atomic mass is 16.3. The first-order valence-corrected chi connectivity index (χ1v) is 6.12. The van der Waals surface area contributed by atoms with Crippen LogP contribution in [0.4, 0.5) is 0 Å². The van der Waals surface area contributed by atoms with Crippen LogP contribution in [0, 0.1) is 6.92 Å². The summed E-state index contributed by atoms with van der Waals surface area (Å²) in [5.74, 6) is 0.388. The van der Waals surface area contributed by atoms with Crippen LogP contribution in [0.3, 0.4) is 0 Å². The Labute approximate surface area is 114 Å². The van der Waals surface area contributed by atoms with E-state index in [9.17, 15) is 15.0 Å². The van der Waals surface area contributed by atoms with Crippen LogP contribution in [0.2, 0.25) is 0 Å². The molecular weight excluding hydrogens is 256 g/mol. The lowest BCUT2D eigenvalue weighted by molar-refractivity contribution is 0.471. The lowest BCUT2D eigenvalue weighted by Gasteiger charge is -2.06. The molecule has 3 rings (SSSR count). The molecule has 0 saturated heterocycles. The molecule has 0 unspecified atom stereocenters. The van der Waals surface area contributed by atoms with Gasteiger partial charge in [0.05, 0.1) is 0 Å². The van der Waals surface area contributed by atoms with Crippen LogP contribution in [0.5, 0.6) is 11.5 Å². The highest BCUT2D eigenvalue weighted by Crippen LogP contribution is 2.29. The lowest BCUT2D eigenvalue weighted by Crippen LogP contribution is -2.00. The van der Waals surface area contributed by atoms with Crippen LogP contribution in [0.25, 0.3) is 22.3 Å². The van der Waals surface area contributed by atoms with Gasteiger partial charge in [-0.1, -0.05) is 18.2 Å². The molecule has 0 aliphatic carbocycles. The van der Waals surface area contributed by atoms with Crippen molar-refractivity contribution in [3.8, 4) is 22.8 Å². The number of phenols is 2. The van der Waals surface area contributed by atoms with Crippen LogP contribution in [0.15, 0.2) is 51.7 Å². The normalized spacial score (nSPS) is 10.8. The molecule has 0 amide bonds. The standard InChI is InChI=1S/C16H12O4/c1-9-5-6-10(7-12(9)18)15-8-13(19)16-11(17)3-2-4-14(16)20-15/h2-8,17-18H,1H3. The first kappa shape index (κ1) is 12.3. The van der Waals surface area contributed by atoms with Crippen molar-refractivity contribution in [2.45, 2.75) is 6.92 Å². The van der Waals surface area contributed by atoms with Gasteiger partial charge in [0.25, 0.3) is 0 Å². The number of rotatable bonds is 1. The second kappa shape index (κ2) is 4.42. The van der Waals surface area contributed by atoms with E-state index in [1.54, 1.807) is 37.3 Å². The summed E-state index contributed by atoms with van der Waals surface area (Å²) in [6, 6.07) is 11.0. The number of benzene rings is 2. The number of fused-ring (bicyclic) bond motifs is 1. The van der Waals surface area contributed by atoms with E-state index in [4.69, 9.17) is 4.42 Å². The summed E-state index contributed by atoms with van der Waals surface area (Å²) in [5, 5.41) is 19.6. The van der Waals surface area contributed by atoms with Gasteiger partial charge in [0.1, 0.15) is 28.2 Å². The van der Waals surface area contributed by atoms with Crippen LogP contribution >= 0.6 is 0 Å². The fraction of sp³-hybridized carbons (Fsp3) is 0.0625. The van der Waals surface area contributed by atoms with E-state index in [2.05, 4.69) is 0 Å². The van der Waals surface area contributed by atoms with Gasteiger partial charge in [-0.15, -0.1) is 0 Å². The maximum atomic E-state index is 12.1. The van der Waals surface area contributed by atoms with Gasteiger partial charge in [-0.2, -0.15) is 0 Å². The van der Waals surface area contributed by atoms with Crippen LogP contribution in [-0.4, -0.2) is 10.2 Å². The molecule has 0 aliphatic rings. The topological polar surface area (TPSA) is 70.7 Å². The zero-order valence-corrected chi connectivity index (χ0v) is 10.8. The lowest BCUT2D eigenvalue weighted by atomic mass is 10.1. The van der Waals surface area contributed by atoms with Gasteiger partial charge in [0, 0.05) is 11.6 Å². The summed E-state index contributed by atoms with van der Waals surface area (Å²) in [6.07, 6.45) is 0. The highest BCUT2D eigenvalue weighted by molar-refractivity contribution is 5.84. The fourth-order valence-electron chi connectivity index (χ4n) is 2.10. The predicted octanol–water partition coefficient (Wildman–Crippen LogP) is 3.18. The van der Waals surface area contributed by atoms with Gasteiger partial charge in [0.2, 0.25) is 0 Å². The minimum atomic E-state index is -0.320. The Morgan fingerprint density at radius 3 is 2.55 bits per heavy atom. The molecule has 0 saturated carbocycles. The first-order valence-electron chi connectivity index (χ1n) is 6.12. The molecule has 1 aromatic heterocycles. The Kier molecular flexibility index (Phi) is 2.71. The molecule has 100 valence electrons. The van der Waals surface area contributed by atoms with Crippen LogP contribution in [0.1, 0.15) is 5.56 Å². The van der Waals surface area contributed by atoms with Gasteiger partial charge >= 0.3 is 0 Å². The Morgan fingerprint density at radius 2 is 1.80 bits per heavy atom. The van der Waals surface area contributed by atoms with E-state index in [0.717, 1.165) is 5.56 Å². The summed E-state index contributed by atoms with van der Waals surface area (Å²) in [5.41, 5.74) is 1.34. The minimum absolute atomic E-state index is 0.102. The largest absolute Gasteiger partial charge is 0.508 e. The summed E-state index contributed by atoms with van der Waals surface area (Å²) in [4.78, 5) is 12.1. The van der Waals surface area contributed by atoms with Gasteiger partial charge in [0.15, 0.2) is 5.43 Å². The van der Waals surface area contributed by atoms with Crippen molar-refractivity contribution in [3.63, 3.8) is 0 Å². The zero-order chi connectivity index (χ0) is 14.3. The smallest absolute Gasteiger partial charge is 0.197 e. The van der Waals surface area contributed by atoms with Gasteiger partial charge in [-0.3, -0.25) is 4.79 Å². The number of phenolic OH excluding ortho intramolecular Hbond substituents is 2. The van der Waals surface area contributed by atoms with E-state index in [1.165, 1.54) is 12.1 Å². The Balaban J connectivity index is 2.27. The summed E-state index contributed by atoms with van der Waals surface area (Å²) >= 11 is 0. The van der Waals surface area contributed by atoms with E-state index in [1.807, 2.05) is 0 Å². The average Bonchev–Trinajstić information content (AvgIpc) is 2.41. The Hall–Kier alpha value is -2.75. The minimum Gasteiger partial charge on any atom is -0.508 e. The molecule has 0 bridgehead atoms. The van der Waals surface area contributed by atoms with Crippen molar-refractivity contribution in [1.29, 1.82) is 0 Å². The molecular formula is C16H12O4. The van der Waals surface area contributed by atoms with Crippen molar-refractivity contribution >= 4 is 11.0 Å². The highest BCUT2D eigenvalue weighted by Gasteiger charge is 2.10. The third kappa shape index (κ3) is 1.91. The molecule has 2 N–H and O–H groups in total. The number of aryl methyl sites for hydroxylation is 1. The third-order valence-electron chi connectivity index (χ3n) is 3.23. The Bertz CT molecular complexity index is 862. The van der Waals surface area contributed by atoms with Crippen molar-refractivity contribution in [2.75, 3.05) is 0 Å². The molecule has 20 heavy (non-hydrogen) atoms. The maximum absolute atomic E-state index is 12.1. The van der Waals surface area contributed by atoms with Crippen molar-refractivity contribution < 1.29 is 14.6 Å². The quantitative estimate of drug-likeness (QED) is 0.711. The summed E-state index contributed by atoms with van der Waals surface area (Å²) in [7, 11) is 0. The van der Waals surface area contributed by atoms with E-state index in [0.29, 0.717) is 16.9 Å². The van der Waals surface area contributed by atoms with E-state index >= 15 is 0 Å². The van der Waals surface area contributed by atoms with Crippen molar-refractivity contribution in [3.05, 3.63) is 58.3 Å². The van der Waals surface area contributed by atoms with Crippen LogP contribution < -0.4 is 5.43 Å². The molecule has 0 aliphatic heterocycles. The third-order valence-corrected chi connectivity index (χ3v) is 3.23. The number of aromatic hydroxyl groups is 2. The monoisotopic (exact) mass is 268 g/mol.